The summed E-state index contributed by atoms with van der Waals surface area (Å²) < 4.78 is 0. The standard InChI is InChI=1S/C10H16N2.C2H6/c1-12-7-10(8-12)4-2-9(6-11)3-5-10;1-2/h9H,2-5,7-8H2,1H3;1-2H3. The highest BCUT2D eigenvalue weighted by Gasteiger charge is 2.43. The summed E-state index contributed by atoms with van der Waals surface area (Å²) in [5.74, 6) is 0.363. The highest BCUT2D eigenvalue weighted by molar-refractivity contribution is 4.99. The maximum atomic E-state index is 8.74. The van der Waals surface area contributed by atoms with E-state index in [0.29, 0.717) is 11.3 Å². The van der Waals surface area contributed by atoms with Crippen LogP contribution in [0, 0.1) is 22.7 Å². The fourth-order valence-electron chi connectivity index (χ4n) is 2.77. The third-order valence-corrected chi connectivity index (χ3v) is 3.44. The summed E-state index contributed by atoms with van der Waals surface area (Å²) in [5, 5.41) is 8.74. The van der Waals surface area contributed by atoms with E-state index in [0.717, 1.165) is 12.8 Å². The third kappa shape index (κ3) is 2.27. The lowest BCUT2D eigenvalue weighted by atomic mass is 9.66. The van der Waals surface area contributed by atoms with Crippen LogP contribution in [0.3, 0.4) is 0 Å². The van der Waals surface area contributed by atoms with Crippen molar-refractivity contribution in [3.8, 4) is 6.07 Å². The van der Waals surface area contributed by atoms with Gasteiger partial charge in [0, 0.05) is 19.0 Å². The molecule has 0 aromatic heterocycles. The van der Waals surface area contributed by atoms with Gasteiger partial charge in [-0.1, -0.05) is 13.8 Å². The molecule has 0 bridgehead atoms. The van der Waals surface area contributed by atoms with Crippen molar-refractivity contribution in [2.45, 2.75) is 39.5 Å². The zero-order valence-electron chi connectivity index (χ0n) is 9.71. The molecule has 1 heterocycles. The fourth-order valence-corrected chi connectivity index (χ4v) is 2.77. The predicted molar refractivity (Wildman–Crippen MR) is 58.8 cm³/mol. The van der Waals surface area contributed by atoms with E-state index >= 15 is 0 Å². The molecule has 1 spiro atoms. The summed E-state index contributed by atoms with van der Waals surface area (Å²) in [6, 6.07) is 2.39. The minimum Gasteiger partial charge on any atom is -0.305 e. The van der Waals surface area contributed by atoms with Crippen molar-refractivity contribution >= 4 is 0 Å². The van der Waals surface area contributed by atoms with Crippen LogP contribution in [-0.2, 0) is 0 Å². The molecule has 0 amide bonds. The number of rotatable bonds is 0. The fraction of sp³-hybridized carbons (Fsp3) is 0.917. The van der Waals surface area contributed by atoms with E-state index < -0.39 is 0 Å². The lowest BCUT2D eigenvalue weighted by Crippen LogP contribution is -2.55. The lowest BCUT2D eigenvalue weighted by Gasteiger charge is -2.51. The Morgan fingerprint density at radius 1 is 1.21 bits per heavy atom. The molecular weight excluding hydrogens is 172 g/mol. The number of hydrogen-bond donors (Lipinski definition) is 0. The smallest absolute Gasteiger partial charge is 0.0655 e. The maximum Gasteiger partial charge on any atom is 0.0655 e. The maximum absolute atomic E-state index is 8.74. The second-order valence-corrected chi connectivity index (χ2v) is 4.58. The van der Waals surface area contributed by atoms with Gasteiger partial charge >= 0.3 is 0 Å². The topological polar surface area (TPSA) is 27.0 Å². The Kier molecular flexibility index (Phi) is 3.95. The number of nitriles is 1. The highest BCUT2D eigenvalue weighted by atomic mass is 15.2. The Bertz CT molecular complexity index is 201. The minimum absolute atomic E-state index is 0.363. The monoisotopic (exact) mass is 194 g/mol. The number of hydrogen-bond acceptors (Lipinski definition) is 2. The Hall–Kier alpha value is -0.550. The number of nitrogens with zero attached hydrogens (tertiary/aromatic N) is 2. The molecular formula is C12H22N2. The molecule has 1 aliphatic carbocycles. The van der Waals surface area contributed by atoms with E-state index in [1.165, 1.54) is 25.9 Å². The normalized spacial score (nSPS) is 25.9. The van der Waals surface area contributed by atoms with E-state index in [-0.39, 0.29) is 0 Å². The SMILES string of the molecule is CC.CN1CC2(CCC(C#N)CC2)C1. The van der Waals surface area contributed by atoms with Gasteiger partial charge in [-0.25, -0.2) is 0 Å². The van der Waals surface area contributed by atoms with Crippen LogP contribution >= 0.6 is 0 Å². The molecule has 1 aliphatic heterocycles. The van der Waals surface area contributed by atoms with Crippen LogP contribution in [0.1, 0.15) is 39.5 Å². The van der Waals surface area contributed by atoms with Gasteiger partial charge in [0.2, 0.25) is 0 Å². The average molecular weight is 194 g/mol. The summed E-state index contributed by atoms with van der Waals surface area (Å²) >= 11 is 0. The summed E-state index contributed by atoms with van der Waals surface area (Å²) in [7, 11) is 2.18. The molecule has 0 atom stereocenters. The van der Waals surface area contributed by atoms with Crippen molar-refractivity contribution in [1.29, 1.82) is 5.26 Å². The number of likely N-dealkylation sites (tertiary alicyclic amines) is 1. The van der Waals surface area contributed by atoms with Crippen LogP contribution in [0.15, 0.2) is 0 Å². The molecule has 0 unspecified atom stereocenters. The van der Waals surface area contributed by atoms with Gasteiger partial charge in [0.05, 0.1) is 6.07 Å². The van der Waals surface area contributed by atoms with Crippen LogP contribution in [0.4, 0.5) is 0 Å². The predicted octanol–water partition coefficient (Wildman–Crippen LogP) is 2.66. The van der Waals surface area contributed by atoms with Gasteiger partial charge in [0.25, 0.3) is 0 Å². The molecule has 2 aliphatic rings. The van der Waals surface area contributed by atoms with Crippen molar-refractivity contribution < 1.29 is 0 Å². The van der Waals surface area contributed by atoms with Crippen LogP contribution in [0.5, 0.6) is 0 Å². The van der Waals surface area contributed by atoms with Gasteiger partial charge in [-0.3, -0.25) is 0 Å². The van der Waals surface area contributed by atoms with Gasteiger partial charge in [-0.05, 0) is 38.1 Å². The summed E-state index contributed by atoms with van der Waals surface area (Å²) in [4.78, 5) is 2.38. The van der Waals surface area contributed by atoms with Crippen LogP contribution in [0.2, 0.25) is 0 Å². The second kappa shape index (κ2) is 4.79. The van der Waals surface area contributed by atoms with Crippen LogP contribution < -0.4 is 0 Å². The first kappa shape index (κ1) is 11.5. The lowest BCUT2D eigenvalue weighted by molar-refractivity contribution is -0.0158. The average Bonchev–Trinajstić information content (AvgIpc) is 2.20. The summed E-state index contributed by atoms with van der Waals surface area (Å²) in [5.41, 5.74) is 0.627. The molecule has 2 fully saturated rings. The quantitative estimate of drug-likeness (QED) is 0.593. The molecule has 0 aromatic carbocycles. The van der Waals surface area contributed by atoms with Gasteiger partial charge in [-0.2, -0.15) is 5.26 Å². The molecule has 0 radical (unpaired) electrons. The van der Waals surface area contributed by atoms with E-state index in [4.69, 9.17) is 5.26 Å². The zero-order valence-corrected chi connectivity index (χ0v) is 9.71. The van der Waals surface area contributed by atoms with Gasteiger partial charge in [0.1, 0.15) is 0 Å². The summed E-state index contributed by atoms with van der Waals surface area (Å²) in [6.07, 6.45) is 4.86. The molecule has 0 aromatic rings. The molecule has 2 rings (SSSR count). The minimum atomic E-state index is 0.363. The van der Waals surface area contributed by atoms with E-state index in [1.54, 1.807) is 0 Å². The Labute approximate surface area is 87.9 Å². The molecule has 2 nitrogen and oxygen atoms in total. The van der Waals surface area contributed by atoms with Gasteiger partial charge in [-0.15, -0.1) is 0 Å². The molecule has 1 saturated heterocycles. The summed E-state index contributed by atoms with van der Waals surface area (Å²) in [6.45, 7) is 6.54. The van der Waals surface area contributed by atoms with Crippen LogP contribution in [-0.4, -0.2) is 25.0 Å². The van der Waals surface area contributed by atoms with Crippen molar-refractivity contribution in [3.05, 3.63) is 0 Å². The first-order valence-corrected chi connectivity index (χ1v) is 5.82. The molecule has 2 heteroatoms. The molecule has 1 saturated carbocycles. The molecule has 14 heavy (non-hydrogen) atoms. The van der Waals surface area contributed by atoms with Crippen molar-refractivity contribution in [2.24, 2.45) is 11.3 Å². The first-order valence-electron chi connectivity index (χ1n) is 5.82. The van der Waals surface area contributed by atoms with Gasteiger partial charge in [0.15, 0.2) is 0 Å². The Morgan fingerprint density at radius 2 is 1.71 bits per heavy atom. The van der Waals surface area contributed by atoms with Gasteiger partial charge < -0.3 is 4.90 Å². The van der Waals surface area contributed by atoms with E-state index in [9.17, 15) is 0 Å². The van der Waals surface area contributed by atoms with E-state index in [1.807, 2.05) is 13.8 Å². The van der Waals surface area contributed by atoms with E-state index in [2.05, 4.69) is 18.0 Å². The Morgan fingerprint density at radius 3 is 2.07 bits per heavy atom. The van der Waals surface area contributed by atoms with Crippen molar-refractivity contribution in [3.63, 3.8) is 0 Å². The zero-order chi connectivity index (χ0) is 10.6. The first-order chi connectivity index (χ1) is 6.74. The highest BCUT2D eigenvalue weighted by Crippen LogP contribution is 2.44. The largest absolute Gasteiger partial charge is 0.305 e. The second-order valence-electron chi connectivity index (χ2n) is 4.58. The van der Waals surface area contributed by atoms with Crippen molar-refractivity contribution in [1.82, 2.24) is 4.90 Å². The molecule has 0 N–H and O–H groups in total. The van der Waals surface area contributed by atoms with Crippen molar-refractivity contribution in [2.75, 3.05) is 20.1 Å². The Balaban J connectivity index is 0.000000461. The van der Waals surface area contributed by atoms with Crippen LogP contribution in [0.25, 0.3) is 0 Å². The molecule has 80 valence electrons. The third-order valence-electron chi connectivity index (χ3n) is 3.44.